The normalized spacial score (nSPS) is 10.9. The molecule has 138 valence electrons. The zero-order chi connectivity index (χ0) is 19.3. The molecule has 1 N–H and O–H groups in total. The number of halogens is 3. The third kappa shape index (κ3) is 4.57. The van der Waals surface area contributed by atoms with Crippen LogP contribution >= 0.6 is 11.3 Å². The van der Waals surface area contributed by atoms with Gasteiger partial charge in [-0.2, -0.15) is 4.90 Å². The number of thiazole rings is 1. The van der Waals surface area contributed by atoms with Gasteiger partial charge in [-0.05, 0) is 19.1 Å². The van der Waals surface area contributed by atoms with Crippen LogP contribution in [0.5, 0.6) is 0 Å². The second-order valence-electron chi connectivity index (χ2n) is 4.66. The first kappa shape index (κ1) is 19.4. The molecule has 11 heteroatoms. The van der Waals surface area contributed by atoms with E-state index in [1.165, 1.54) is 31.2 Å². The van der Waals surface area contributed by atoms with Crippen molar-refractivity contribution >= 4 is 39.9 Å². The van der Waals surface area contributed by atoms with E-state index < -0.39 is 39.8 Å². The number of ketones is 1. The Morgan fingerprint density at radius 1 is 1.23 bits per heavy atom. The molecule has 0 aliphatic heterocycles. The maximum Gasteiger partial charge on any atom is 0.494 e. The van der Waals surface area contributed by atoms with E-state index in [4.69, 9.17) is 0 Å². The van der Waals surface area contributed by atoms with Crippen molar-refractivity contribution in [3.63, 3.8) is 0 Å². The van der Waals surface area contributed by atoms with E-state index >= 15 is 0 Å². The minimum absolute atomic E-state index is 0.0737. The quantitative estimate of drug-likeness (QED) is 0.367. The first-order chi connectivity index (χ1) is 12.2. The summed E-state index contributed by atoms with van der Waals surface area (Å²) in [7, 11) is 0. The third-order valence-electron chi connectivity index (χ3n) is 2.86. The van der Waals surface area contributed by atoms with Crippen molar-refractivity contribution in [2.45, 2.75) is 13.2 Å². The maximum absolute atomic E-state index is 13.3. The Morgan fingerprint density at radius 2 is 1.88 bits per heavy atom. The number of nitrogens with one attached hydrogen (secondary N) is 1. The topological polar surface area (TPSA) is 88.6 Å². The molecule has 7 nitrogen and oxygen atoms in total. The summed E-state index contributed by atoms with van der Waals surface area (Å²) in [6, 6.07) is 6.01. The molecule has 2 aromatic rings. The number of hydrogen-bond donors (Lipinski definition) is 1. The van der Waals surface area contributed by atoms with E-state index in [9.17, 15) is 27.6 Å². The van der Waals surface area contributed by atoms with Gasteiger partial charge in [0.2, 0.25) is 5.13 Å². The standard InChI is InChI=1S/C15H12F3N3O4S/c1-2-25-12(23)11(22)10-8-26-14(20-10)21(15(16,17)18)13(24)19-9-6-4-3-5-7-9/h3-8H,2H2,1H3,(H,19,24). The highest BCUT2D eigenvalue weighted by Crippen LogP contribution is 2.32. The van der Waals surface area contributed by atoms with Gasteiger partial charge in [0.05, 0.1) is 6.61 Å². The molecule has 0 saturated carbocycles. The molecule has 0 atom stereocenters. The number of urea groups is 1. The van der Waals surface area contributed by atoms with Crippen molar-refractivity contribution in [2.75, 3.05) is 16.8 Å². The number of alkyl halides is 3. The van der Waals surface area contributed by atoms with Crippen molar-refractivity contribution in [3.05, 3.63) is 41.4 Å². The van der Waals surface area contributed by atoms with Gasteiger partial charge in [0.15, 0.2) is 0 Å². The van der Waals surface area contributed by atoms with Crippen LogP contribution in [-0.4, -0.2) is 35.7 Å². The molecule has 0 fully saturated rings. The smallest absolute Gasteiger partial charge is 0.460 e. The number of carbonyl (C=O) groups is 3. The third-order valence-corrected chi connectivity index (χ3v) is 3.68. The van der Waals surface area contributed by atoms with Gasteiger partial charge in [-0.1, -0.05) is 18.2 Å². The minimum atomic E-state index is -5.10. The summed E-state index contributed by atoms with van der Waals surface area (Å²) in [5.41, 5.74) is -0.392. The van der Waals surface area contributed by atoms with Crippen molar-refractivity contribution in [1.82, 2.24) is 4.98 Å². The summed E-state index contributed by atoms with van der Waals surface area (Å²) in [6.45, 7) is 1.40. The van der Waals surface area contributed by atoms with Gasteiger partial charge in [-0.25, -0.2) is 14.6 Å². The van der Waals surface area contributed by atoms with Gasteiger partial charge in [0.1, 0.15) is 5.69 Å². The lowest BCUT2D eigenvalue weighted by atomic mass is 10.3. The summed E-state index contributed by atoms with van der Waals surface area (Å²) in [4.78, 5) is 38.1. The number of amides is 2. The summed E-state index contributed by atoms with van der Waals surface area (Å²) < 4.78 is 44.4. The molecule has 1 heterocycles. The Hall–Kier alpha value is -2.95. The average molecular weight is 387 g/mol. The molecular weight excluding hydrogens is 375 g/mol. The monoisotopic (exact) mass is 387 g/mol. The molecule has 1 aromatic carbocycles. The maximum atomic E-state index is 13.3. The van der Waals surface area contributed by atoms with Gasteiger partial charge >= 0.3 is 18.3 Å². The van der Waals surface area contributed by atoms with Gasteiger partial charge in [0, 0.05) is 11.1 Å². The van der Waals surface area contributed by atoms with E-state index in [1.54, 1.807) is 6.07 Å². The molecule has 0 radical (unpaired) electrons. The highest BCUT2D eigenvalue weighted by Gasteiger charge is 2.44. The van der Waals surface area contributed by atoms with Crippen molar-refractivity contribution in [3.8, 4) is 0 Å². The lowest BCUT2D eigenvalue weighted by Crippen LogP contribution is -2.45. The summed E-state index contributed by atoms with van der Waals surface area (Å²) >= 11 is 0.393. The zero-order valence-electron chi connectivity index (χ0n) is 13.2. The number of para-hydroxylation sites is 1. The van der Waals surface area contributed by atoms with Gasteiger partial charge in [-0.15, -0.1) is 24.5 Å². The minimum Gasteiger partial charge on any atom is -0.460 e. The number of rotatable bonds is 5. The first-order valence-electron chi connectivity index (χ1n) is 7.14. The number of aromatic nitrogens is 1. The number of esters is 1. The van der Waals surface area contributed by atoms with E-state index in [1.807, 2.05) is 0 Å². The molecule has 2 amide bonds. The fraction of sp³-hybridized carbons (Fsp3) is 0.200. The zero-order valence-corrected chi connectivity index (χ0v) is 14.1. The number of ether oxygens (including phenoxy) is 1. The van der Waals surface area contributed by atoms with Crippen LogP contribution in [0.2, 0.25) is 0 Å². The lowest BCUT2D eigenvalue weighted by molar-refractivity contribution is -0.137. The van der Waals surface area contributed by atoms with Gasteiger partial charge < -0.3 is 10.1 Å². The molecule has 1 aromatic heterocycles. The average Bonchev–Trinajstić information content (AvgIpc) is 3.03. The fourth-order valence-electron chi connectivity index (χ4n) is 1.78. The molecule has 2 rings (SSSR count). The van der Waals surface area contributed by atoms with E-state index in [-0.39, 0.29) is 12.3 Å². The molecular formula is C15H12F3N3O4S. The predicted octanol–water partition coefficient (Wildman–Crippen LogP) is 3.45. The summed E-state index contributed by atoms with van der Waals surface area (Å²) in [5, 5.41) is 2.23. The first-order valence-corrected chi connectivity index (χ1v) is 8.02. The van der Waals surface area contributed by atoms with E-state index in [0.29, 0.717) is 11.3 Å². The van der Waals surface area contributed by atoms with Gasteiger partial charge in [0.25, 0.3) is 5.78 Å². The molecule has 0 unspecified atom stereocenters. The van der Waals surface area contributed by atoms with Crippen LogP contribution in [0.15, 0.2) is 35.7 Å². The van der Waals surface area contributed by atoms with Crippen LogP contribution in [-0.2, 0) is 9.53 Å². The Kier molecular flexibility index (Phi) is 5.93. The largest absolute Gasteiger partial charge is 0.494 e. The van der Waals surface area contributed by atoms with Gasteiger partial charge in [-0.3, -0.25) is 4.79 Å². The van der Waals surface area contributed by atoms with Crippen LogP contribution in [0.1, 0.15) is 17.4 Å². The molecule has 0 spiro atoms. The Bertz CT molecular complexity index is 808. The molecule has 0 aliphatic rings. The molecule has 0 aliphatic carbocycles. The number of Topliss-reactive ketones (excluding diaryl/α,β-unsaturated/α-hetero) is 1. The summed E-state index contributed by atoms with van der Waals surface area (Å²) in [6.07, 6.45) is -5.10. The number of anilines is 2. The van der Waals surface area contributed by atoms with Crippen molar-refractivity contribution in [1.29, 1.82) is 0 Å². The number of hydrogen-bond acceptors (Lipinski definition) is 6. The van der Waals surface area contributed by atoms with Crippen molar-refractivity contribution in [2.24, 2.45) is 0 Å². The highest BCUT2D eigenvalue weighted by molar-refractivity contribution is 7.14. The van der Waals surface area contributed by atoms with Crippen LogP contribution in [0.4, 0.5) is 28.8 Å². The molecule has 0 bridgehead atoms. The summed E-state index contributed by atoms with van der Waals surface area (Å²) in [5.74, 6) is -2.43. The number of nitrogens with zero attached hydrogens (tertiary/aromatic N) is 2. The van der Waals surface area contributed by atoms with E-state index in [2.05, 4.69) is 15.0 Å². The fourth-order valence-corrected chi connectivity index (χ4v) is 2.60. The van der Waals surface area contributed by atoms with Crippen LogP contribution < -0.4 is 10.2 Å². The lowest BCUT2D eigenvalue weighted by Gasteiger charge is -2.22. The van der Waals surface area contributed by atoms with E-state index in [0.717, 1.165) is 5.38 Å². The Morgan fingerprint density at radius 3 is 2.46 bits per heavy atom. The van der Waals surface area contributed by atoms with Crippen LogP contribution in [0.3, 0.4) is 0 Å². The molecule has 26 heavy (non-hydrogen) atoms. The predicted molar refractivity (Wildman–Crippen MR) is 87.1 cm³/mol. The second-order valence-corrected chi connectivity index (χ2v) is 5.50. The van der Waals surface area contributed by atoms with Crippen LogP contribution in [0, 0.1) is 0 Å². The second kappa shape index (κ2) is 7.95. The number of benzene rings is 1. The molecule has 0 saturated heterocycles. The highest BCUT2D eigenvalue weighted by atomic mass is 32.1. The number of carbonyl (C=O) groups excluding carboxylic acids is 3. The van der Waals surface area contributed by atoms with Crippen LogP contribution in [0.25, 0.3) is 0 Å². The Balaban J connectivity index is 2.27. The Labute approximate surface area is 149 Å². The SMILES string of the molecule is CCOC(=O)C(=O)c1csc(N(C(=O)Nc2ccccc2)C(F)(F)F)n1. The van der Waals surface area contributed by atoms with Crippen molar-refractivity contribution < 1.29 is 32.3 Å².